The van der Waals surface area contributed by atoms with E-state index in [9.17, 15) is 9.00 Å². The molecule has 1 unspecified atom stereocenters. The van der Waals surface area contributed by atoms with Gasteiger partial charge in [-0.25, -0.2) is 24.9 Å². The van der Waals surface area contributed by atoms with Crippen molar-refractivity contribution in [1.82, 2.24) is 34.5 Å². The molecule has 2 atom stereocenters. The number of nitrogens with one attached hydrogen (secondary N) is 1. The Bertz CT molecular complexity index is 1580. The molecule has 0 aromatic carbocycles. The second kappa shape index (κ2) is 9.37. The van der Waals surface area contributed by atoms with Crippen molar-refractivity contribution in [2.45, 2.75) is 62.9 Å². The van der Waals surface area contributed by atoms with Crippen LogP contribution in [0.3, 0.4) is 0 Å². The summed E-state index contributed by atoms with van der Waals surface area (Å²) < 4.78 is 13.4. The number of hydrogen-bond donors (Lipinski definition) is 1. The van der Waals surface area contributed by atoms with Gasteiger partial charge in [0.05, 0.1) is 51.1 Å². The fraction of sp³-hybridized carbons (Fsp3) is 0.423. The zero-order chi connectivity index (χ0) is 25.7. The van der Waals surface area contributed by atoms with E-state index in [-0.39, 0.29) is 17.4 Å². The largest absolute Gasteiger partial charge is 0.360 e. The molecule has 4 heterocycles. The number of aryl methyl sites for hydroxylation is 1. The monoisotopic (exact) mass is 516 g/mol. The molecular weight excluding hydrogens is 488 g/mol. The third kappa shape index (κ3) is 4.63. The van der Waals surface area contributed by atoms with Gasteiger partial charge in [0.1, 0.15) is 11.8 Å². The van der Waals surface area contributed by atoms with E-state index >= 15 is 0 Å². The van der Waals surface area contributed by atoms with Gasteiger partial charge in [0.25, 0.3) is 5.56 Å². The molecule has 2 fully saturated rings. The minimum absolute atomic E-state index is 0.0192. The molecule has 4 aromatic rings. The molecule has 0 bridgehead atoms. The third-order valence-corrected chi connectivity index (χ3v) is 8.07. The van der Waals surface area contributed by atoms with Gasteiger partial charge in [-0.15, -0.1) is 0 Å². The Morgan fingerprint density at radius 1 is 1.08 bits per heavy atom. The summed E-state index contributed by atoms with van der Waals surface area (Å²) in [6.07, 6.45) is 10.9. The average molecular weight is 517 g/mol. The van der Waals surface area contributed by atoms with Crippen molar-refractivity contribution in [2.75, 3.05) is 11.6 Å². The van der Waals surface area contributed by atoms with E-state index < -0.39 is 10.8 Å². The first-order valence-electron chi connectivity index (χ1n) is 12.5. The lowest BCUT2D eigenvalue weighted by molar-refractivity contribution is 0.482. The zero-order valence-electron chi connectivity index (χ0n) is 21.0. The van der Waals surface area contributed by atoms with Crippen LogP contribution in [0.1, 0.15) is 61.6 Å². The van der Waals surface area contributed by atoms with E-state index in [0.717, 1.165) is 48.3 Å². The van der Waals surface area contributed by atoms with Crippen molar-refractivity contribution in [1.29, 1.82) is 0 Å². The topological polar surface area (TPSA) is 128 Å². The van der Waals surface area contributed by atoms with E-state index in [1.54, 1.807) is 41.7 Å². The van der Waals surface area contributed by atoms with Gasteiger partial charge in [0.2, 0.25) is 0 Å². The Morgan fingerprint density at radius 2 is 1.89 bits per heavy atom. The maximum Gasteiger partial charge on any atom is 0.295 e. The predicted octanol–water partition coefficient (Wildman–Crippen LogP) is 3.54. The van der Waals surface area contributed by atoms with Crippen molar-refractivity contribution in [3.8, 4) is 11.4 Å². The number of anilines is 1. The summed E-state index contributed by atoms with van der Waals surface area (Å²) in [5.41, 5.74) is 4.24. The van der Waals surface area contributed by atoms with Crippen LogP contribution in [0.25, 0.3) is 22.6 Å². The molecular formula is C26H28N8O2S. The number of rotatable bonds is 8. The van der Waals surface area contributed by atoms with E-state index in [1.807, 2.05) is 6.92 Å². The quantitative estimate of drug-likeness (QED) is 0.374. The summed E-state index contributed by atoms with van der Waals surface area (Å²) in [5.74, 6) is 1.61. The van der Waals surface area contributed by atoms with Crippen molar-refractivity contribution < 1.29 is 4.21 Å². The molecule has 10 nitrogen and oxygen atoms in total. The van der Waals surface area contributed by atoms with Crippen LogP contribution in [0.15, 0.2) is 40.5 Å². The fourth-order valence-corrected chi connectivity index (χ4v) is 5.16. The maximum atomic E-state index is 13.7. The second-order valence-electron chi connectivity index (χ2n) is 9.90. The molecule has 4 aromatic heterocycles. The molecule has 1 N–H and O–H groups in total. The summed E-state index contributed by atoms with van der Waals surface area (Å²) in [6.45, 7) is 4.33. The summed E-state index contributed by atoms with van der Waals surface area (Å²) in [4.78, 5) is 41.8. The number of pyridine rings is 1. The molecule has 190 valence electrons. The fourth-order valence-electron chi connectivity index (χ4n) is 4.70. The summed E-state index contributed by atoms with van der Waals surface area (Å²) in [6, 6.07) is 3.56. The Labute approximate surface area is 216 Å². The van der Waals surface area contributed by atoms with Crippen LogP contribution < -0.4 is 10.9 Å². The summed E-state index contributed by atoms with van der Waals surface area (Å²) in [5, 5.41) is 3.15. The Hall–Kier alpha value is -3.60. The van der Waals surface area contributed by atoms with E-state index in [4.69, 9.17) is 4.98 Å². The molecule has 2 saturated carbocycles. The van der Waals surface area contributed by atoms with Gasteiger partial charge < -0.3 is 5.32 Å². The molecule has 11 heteroatoms. The van der Waals surface area contributed by atoms with Crippen molar-refractivity contribution in [3.05, 3.63) is 58.3 Å². The molecule has 37 heavy (non-hydrogen) atoms. The van der Waals surface area contributed by atoms with Crippen LogP contribution in [0.2, 0.25) is 0 Å². The van der Waals surface area contributed by atoms with Gasteiger partial charge >= 0.3 is 0 Å². The third-order valence-electron chi connectivity index (χ3n) is 7.16. The summed E-state index contributed by atoms with van der Waals surface area (Å²) in [7, 11) is -1.09. The number of aromatic nitrogens is 7. The van der Waals surface area contributed by atoms with Crippen molar-refractivity contribution >= 4 is 27.8 Å². The van der Waals surface area contributed by atoms with Crippen molar-refractivity contribution in [2.24, 2.45) is 5.92 Å². The van der Waals surface area contributed by atoms with Gasteiger partial charge in [0.15, 0.2) is 17.3 Å². The zero-order valence-corrected chi connectivity index (χ0v) is 21.8. The average Bonchev–Trinajstić information content (AvgIpc) is 3.81. The van der Waals surface area contributed by atoms with E-state index in [0.29, 0.717) is 40.3 Å². The van der Waals surface area contributed by atoms with E-state index in [2.05, 4.69) is 37.2 Å². The highest BCUT2D eigenvalue weighted by Crippen LogP contribution is 2.43. The van der Waals surface area contributed by atoms with Gasteiger partial charge in [0, 0.05) is 24.4 Å². The number of nitrogens with zero attached hydrogens (tertiary/aromatic N) is 7. The van der Waals surface area contributed by atoms with Gasteiger partial charge in [-0.1, -0.05) is 0 Å². The van der Waals surface area contributed by atoms with Gasteiger partial charge in [-0.2, -0.15) is 0 Å². The SMILES string of the molecule is Cc1ncnc(C2CC2)c1-c1ncc2nc(NCc3ccc(S(C)=O)cn3)c(=O)n([C@@H](C)C3CC3)c2n1. The molecule has 2 aliphatic rings. The maximum absolute atomic E-state index is 13.7. The van der Waals surface area contributed by atoms with Crippen LogP contribution in [0.5, 0.6) is 0 Å². The highest BCUT2D eigenvalue weighted by atomic mass is 32.2. The van der Waals surface area contributed by atoms with Gasteiger partial charge in [-0.05, 0) is 57.6 Å². The molecule has 0 aliphatic heterocycles. The van der Waals surface area contributed by atoms with Crippen LogP contribution in [0, 0.1) is 12.8 Å². The molecule has 6 rings (SSSR count). The normalized spacial score (nSPS) is 17.1. The standard InChI is InChI=1S/C26H28N8O2S/c1-14-21(22(17-6-7-17)31-13-30-14)23-29-12-20-25(33-23)34(15(2)16-4-5-16)26(35)24(32-20)28-10-18-8-9-19(11-27-18)37(3)36/h8-9,11-13,15-17H,4-7,10H2,1-3H3,(H,28,32)/t15-,37?/m0/s1. The molecule has 2 aliphatic carbocycles. The lowest BCUT2D eigenvalue weighted by atomic mass is 10.1. The number of fused-ring (bicyclic) bond motifs is 1. The van der Waals surface area contributed by atoms with Crippen molar-refractivity contribution in [3.63, 3.8) is 0 Å². The van der Waals surface area contributed by atoms with E-state index in [1.165, 1.54) is 0 Å². The lowest BCUT2D eigenvalue weighted by Gasteiger charge is -2.19. The first-order valence-corrected chi connectivity index (χ1v) is 14.1. The van der Waals surface area contributed by atoms with Crippen LogP contribution in [-0.4, -0.2) is 44.9 Å². The molecule has 0 amide bonds. The van der Waals surface area contributed by atoms with Crippen LogP contribution >= 0.6 is 0 Å². The highest BCUT2D eigenvalue weighted by molar-refractivity contribution is 7.84. The highest BCUT2D eigenvalue weighted by Gasteiger charge is 2.33. The summed E-state index contributed by atoms with van der Waals surface area (Å²) >= 11 is 0. The van der Waals surface area contributed by atoms with Gasteiger partial charge in [-0.3, -0.25) is 18.6 Å². The minimum atomic E-state index is -1.09. The smallest absolute Gasteiger partial charge is 0.295 e. The molecule has 0 spiro atoms. The predicted molar refractivity (Wildman–Crippen MR) is 141 cm³/mol. The lowest BCUT2D eigenvalue weighted by Crippen LogP contribution is -2.29. The first-order chi connectivity index (χ1) is 17.9. The van der Waals surface area contributed by atoms with Crippen LogP contribution in [-0.2, 0) is 17.3 Å². The number of hydrogen-bond acceptors (Lipinski definition) is 9. The Morgan fingerprint density at radius 3 is 2.57 bits per heavy atom. The Balaban J connectivity index is 1.41. The Kier molecular flexibility index (Phi) is 6.02. The minimum Gasteiger partial charge on any atom is -0.360 e. The first kappa shape index (κ1) is 23.8. The second-order valence-corrected chi connectivity index (χ2v) is 11.3. The molecule has 0 radical (unpaired) electrons. The van der Waals surface area contributed by atoms with Crippen LogP contribution in [0.4, 0.5) is 5.82 Å². The molecule has 0 saturated heterocycles.